The summed E-state index contributed by atoms with van der Waals surface area (Å²) in [5.74, 6) is 1.04. The molecule has 0 radical (unpaired) electrons. The van der Waals surface area contributed by atoms with Gasteiger partial charge >= 0.3 is 0 Å². The third kappa shape index (κ3) is 2.93. The Morgan fingerprint density at radius 2 is 1.76 bits per heavy atom. The molecule has 0 atom stereocenters. The first-order valence-corrected chi connectivity index (χ1v) is 9.13. The van der Waals surface area contributed by atoms with Gasteiger partial charge in [-0.15, -0.1) is 0 Å². The number of hydrogen-bond donors (Lipinski definition) is 1. The Bertz CT molecular complexity index is 892. The molecule has 2 heterocycles. The van der Waals surface area contributed by atoms with Gasteiger partial charge in [0.05, 0.1) is 12.2 Å². The number of carbonyl (C=O) groups is 1. The van der Waals surface area contributed by atoms with Crippen LogP contribution in [0.5, 0.6) is 0 Å². The summed E-state index contributed by atoms with van der Waals surface area (Å²) >= 11 is 0. The van der Waals surface area contributed by atoms with Crippen LogP contribution < -0.4 is 9.72 Å². The largest absolute Gasteiger partial charge is 0.300 e. The highest BCUT2D eigenvalue weighted by atomic mass is 16.1. The summed E-state index contributed by atoms with van der Waals surface area (Å²) in [6.45, 7) is 1.63. The van der Waals surface area contributed by atoms with Gasteiger partial charge in [-0.2, -0.15) is 4.57 Å². The van der Waals surface area contributed by atoms with E-state index in [0.29, 0.717) is 6.04 Å². The summed E-state index contributed by atoms with van der Waals surface area (Å²) in [6.07, 6.45) is 8.28. The van der Waals surface area contributed by atoms with Gasteiger partial charge in [0.25, 0.3) is 11.7 Å². The third-order valence-corrected chi connectivity index (χ3v) is 5.06. The van der Waals surface area contributed by atoms with Crippen molar-refractivity contribution in [2.75, 3.05) is 5.32 Å². The Balaban J connectivity index is 1.93. The topological polar surface area (TPSA) is 38.1 Å². The van der Waals surface area contributed by atoms with Crippen molar-refractivity contribution >= 4 is 17.4 Å². The first-order valence-electron chi connectivity index (χ1n) is 9.13. The van der Waals surface area contributed by atoms with Crippen molar-refractivity contribution in [3.05, 3.63) is 54.7 Å². The van der Waals surface area contributed by atoms with Gasteiger partial charge in [-0.05, 0) is 18.9 Å². The number of imidazole rings is 1. The van der Waals surface area contributed by atoms with Crippen LogP contribution in [0.1, 0.15) is 43.8 Å². The molecule has 1 saturated carbocycles. The molecule has 25 heavy (non-hydrogen) atoms. The summed E-state index contributed by atoms with van der Waals surface area (Å²) in [5.41, 5.74) is 2.90. The summed E-state index contributed by atoms with van der Waals surface area (Å²) < 4.78 is 3.93. The normalized spacial score (nSPS) is 15.4. The first-order chi connectivity index (χ1) is 12.3. The van der Waals surface area contributed by atoms with Crippen LogP contribution in [0.15, 0.2) is 54.7 Å². The molecule has 0 amide bonds. The summed E-state index contributed by atoms with van der Waals surface area (Å²) in [6, 6.07) is 16.6. The molecule has 0 bridgehead atoms. The van der Waals surface area contributed by atoms with E-state index in [0.717, 1.165) is 22.7 Å². The highest BCUT2D eigenvalue weighted by Gasteiger charge is 2.30. The highest BCUT2D eigenvalue weighted by Crippen LogP contribution is 2.30. The Labute approximate surface area is 148 Å². The lowest BCUT2D eigenvalue weighted by atomic mass is 9.95. The van der Waals surface area contributed by atoms with Gasteiger partial charge in [-0.25, -0.2) is 4.40 Å². The standard InChI is InChI=1S/C21H24N3O/c1-16(25)24-19-14-8-9-15-23(19)21(22-18-12-6-3-7-13-18)20(24)17-10-4-2-5-11-17/h2,4-5,8-11,14-15,18,22H,3,6-7,12-13H2,1H3/q+1. The lowest BCUT2D eigenvalue weighted by molar-refractivity contribution is -0.495. The van der Waals surface area contributed by atoms with E-state index in [1.165, 1.54) is 32.1 Å². The van der Waals surface area contributed by atoms with E-state index in [-0.39, 0.29) is 5.91 Å². The predicted octanol–water partition coefficient (Wildman–Crippen LogP) is 4.30. The number of nitrogens with zero attached hydrogens (tertiary/aromatic N) is 2. The minimum Gasteiger partial charge on any atom is -0.300 e. The summed E-state index contributed by atoms with van der Waals surface area (Å²) in [4.78, 5) is 12.5. The molecule has 1 aliphatic rings. The molecule has 0 unspecified atom stereocenters. The molecule has 128 valence electrons. The van der Waals surface area contributed by atoms with E-state index in [4.69, 9.17) is 0 Å². The molecule has 2 aromatic heterocycles. The summed E-state index contributed by atoms with van der Waals surface area (Å²) in [7, 11) is 0. The van der Waals surface area contributed by atoms with Crippen LogP contribution in [-0.2, 0) is 0 Å². The van der Waals surface area contributed by atoms with Crippen LogP contribution in [-0.4, -0.2) is 16.5 Å². The zero-order chi connectivity index (χ0) is 17.2. The molecule has 1 aromatic carbocycles. The molecular formula is C21H24N3O+. The number of benzene rings is 1. The number of rotatable bonds is 3. The fourth-order valence-electron chi connectivity index (χ4n) is 3.90. The van der Waals surface area contributed by atoms with Gasteiger partial charge in [-0.3, -0.25) is 10.1 Å². The molecule has 4 rings (SSSR count). The maximum absolute atomic E-state index is 12.5. The Morgan fingerprint density at radius 1 is 1.04 bits per heavy atom. The smallest absolute Gasteiger partial charge is 0.284 e. The molecule has 0 saturated heterocycles. The van der Waals surface area contributed by atoms with Crippen molar-refractivity contribution in [1.29, 1.82) is 0 Å². The number of fused-ring (bicyclic) bond motifs is 1. The quantitative estimate of drug-likeness (QED) is 0.725. The van der Waals surface area contributed by atoms with Crippen molar-refractivity contribution in [2.45, 2.75) is 45.1 Å². The minimum atomic E-state index is 0.0271. The monoisotopic (exact) mass is 334 g/mol. The van der Waals surface area contributed by atoms with E-state index >= 15 is 0 Å². The van der Waals surface area contributed by atoms with Gasteiger partial charge < -0.3 is 0 Å². The van der Waals surface area contributed by atoms with Crippen molar-refractivity contribution < 1.29 is 9.20 Å². The van der Waals surface area contributed by atoms with Gasteiger partial charge in [0.1, 0.15) is 0 Å². The van der Waals surface area contributed by atoms with E-state index in [1.54, 1.807) is 6.92 Å². The van der Waals surface area contributed by atoms with Crippen molar-refractivity contribution in [3.8, 4) is 11.3 Å². The van der Waals surface area contributed by atoms with Crippen LogP contribution in [0.2, 0.25) is 0 Å². The molecule has 1 aliphatic carbocycles. The lowest BCUT2D eigenvalue weighted by Gasteiger charge is -2.20. The average molecular weight is 334 g/mol. The predicted molar refractivity (Wildman–Crippen MR) is 99.8 cm³/mol. The second-order valence-electron chi connectivity index (χ2n) is 6.83. The fourth-order valence-corrected chi connectivity index (χ4v) is 3.90. The van der Waals surface area contributed by atoms with Crippen LogP contribution in [0.25, 0.3) is 16.9 Å². The van der Waals surface area contributed by atoms with Crippen molar-refractivity contribution in [3.63, 3.8) is 0 Å². The Kier molecular flexibility index (Phi) is 4.26. The molecule has 1 fully saturated rings. The number of carbonyl (C=O) groups excluding carboxylic acids is 1. The third-order valence-electron chi connectivity index (χ3n) is 5.06. The van der Waals surface area contributed by atoms with Gasteiger partial charge in [0.15, 0.2) is 5.69 Å². The SMILES string of the molecule is CC(=O)n1c(-c2ccccc2)c(NC2CCCCC2)[n+]2ccccc12. The van der Waals surface area contributed by atoms with Gasteiger partial charge in [-0.1, -0.05) is 55.7 Å². The highest BCUT2D eigenvalue weighted by molar-refractivity contribution is 5.89. The maximum atomic E-state index is 12.5. The lowest BCUT2D eigenvalue weighted by Crippen LogP contribution is -2.30. The van der Waals surface area contributed by atoms with E-state index in [2.05, 4.69) is 21.9 Å². The van der Waals surface area contributed by atoms with Gasteiger partial charge in [0.2, 0.25) is 5.65 Å². The first kappa shape index (κ1) is 15.9. The molecular weight excluding hydrogens is 310 g/mol. The zero-order valence-electron chi connectivity index (χ0n) is 14.6. The van der Waals surface area contributed by atoms with Crippen LogP contribution in [0, 0.1) is 0 Å². The van der Waals surface area contributed by atoms with Crippen LogP contribution in [0.4, 0.5) is 5.82 Å². The fraction of sp³-hybridized carbons (Fsp3) is 0.333. The average Bonchev–Trinajstić information content (AvgIpc) is 2.98. The Morgan fingerprint density at radius 3 is 2.48 bits per heavy atom. The molecule has 3 aromatic rings. The maximum Gasteiger partial charge on any atom is 0.284 e. The van der Waals surface area contributed by atoms with Crippen molar-refractivity contribution in [2.24, 2.45) is 0 Å². The van der Waals surface area contributed by atoms with E-state index in [9.17, 15) is 4.79 Å². The van der Waals surface area contributed by atoms with E-state index < -0.39 is 0 Å². The van der Waals surface area contributed by atoms with Crippen LogP contribution >= 0.6 is 0 Å². The Hall–Kier alpha value is -2.62. The number of aromatic nitrogens is 2. The van der Waals surface area contributed by atoms with Crippen molar-refractivity contribution in [1.82, 2.24) is 4.57 Å². The second kappa shape index (κ2) is 6.71. The minimum absolute atomic E-state index is 0.0271. The molecule has 0 spiro atoms. The van der Waals surface area contributed by atoms with Gasteiger partial charge in [0, 0.05) is 18.6 Å². The number of hydrogen-bond acceptors (Lipinski definition) is 2. The van der Waals surface area contributed by atoms with E-state index in [1.807, 2.05) is 47.2 Å². The number of anilines is 1. The number of nitrogens with one attached hydrogen (secondary N) is 1. The molecule has 4 nitrogen and oxygen atoms in total. The molecule has 1 N–H and O–H groups in total. The zero-order valence-corrected chi connectivity index (χ0v) is 14.6. The number of pyridine rings is 1. The molecule has 0 aliphatic heterocycles. The second-order valence-corrected chi connectivity index (χ2v) is 6.83. The van der Waals surface area contributed by atoms with Crippen LogP contribution in [0.3, 0.4) is 0 Å². The molecule has 4 heteroatoms. The summed E-state index contributed by atoms with van der Waals surface area (Å²) in [5, 5.41) is 3.76.